The Morgan fingerprint density at radius 1 is 1.29 bits per heavy atom. The molecular formula is C13H17Cl2N3OS2. The molecule has 3 heterocycles. The highest BCUT2D eigenvalue weighted by Crippen LogP contribution is 2.28. The molecule has 4 nitrogen and oxygen atoms in total. The molecule has 0 aromatic carbocycles. The average Bonchev–Trinajstić information content (AvgIpc) is 3.10. The number of carbonyl (C=O) groups is 1. The molecule has 0 radical (unpaired) electrons. The van der Waals surface area contributed by atoms with Gasteiger partial charge in [-0.3, -0.25) is 4.79 Å². The number of likely N-dealkylation sites (tertiary alicyclic amines) is 1. The lowest BCUT2D eigenvalue weighted by atomic mass is 10.1. The molecule has 1 fully saturated rings. The number of piperidine rings is 1. The summed E-state index contributed by atoms with van der Waals surface area (Å²) in [7, 11) is 0. The number of thiophene rings is 1. The van der Waals surface area contributed by atoms with Crippen molar-refractivity contribution in [3.63, 3.8) is 0 Å². The van der Waals surface area contributed by atoms with Crippen molar-refractivity contribution < 1.29 is 4.79 Å². The first-order valence-electron chi connectivity index (χ1n) is 6.28. The van der Waals surface area contributed by atoms with Gasteiger partial charge in [0.2, 0.25) is 0 Å². The van der Waals surface area contributed by atoms with Crippen LogP contribution in [0.25, 0.3) is 9.88 Å². The minimum absolute atomic E-state index is 0. The van der Waals surface area contributed by atoms with Gasteiger partial charge in [-0.25, -0.2) is 4.98 Å². The Bertz CT molecular complexity index is 566. The minimum Gasteiger partial charge on any atom is -0.337 e. The van der Waals surface area contributed by atoms with Crippen LogP contribution in [0.4, 0.5) is 0 Å². The number of hydrogen-bond acceptors (Lipinski definition) is 5. The molecular weight excluding hydrogens is 349 g/mol. The SMILES string of the molecule is Cl.Cl.NC1CCN(C(=O)c2csc(-c3cccs3)n2)CC1. The molecule has 2 aromatic rings. The fourth-order valence-electron chi connectivity index (χ4n) is 2.15. The Morgan fingerprint density at radius 3 is 2.62 bits per heavy atom. The van der Waals surface area contributed by atoms with Gasteiger partial charge in [0.25, 0.3) is 5.91 Å². The molecule has 0 aliphatic carbocycles. The Labute approximate surface area is 144 Å². The molecule has 1 aliphatic rings. The summed E-state index contributed by atoms with van der Waals surface area (Å²) in [6.07, 6.45) is 1.77. The highest BCUT2D eigenvalue weighted by atomic mass is 35.5. The van der Waals surface area contributed by atoms with E-state index in [1.54, 1.807) is 11.3 Å². The number of nitrogens with zero attached hydrogens (tertiary/aromatic N) is 2. The molecule has 0 spiro atoms. The van der Waals surface area contributed by atoms with E-state index in [2.05, 4.69) is 4.98 Å². The van der Waals surface area contributed by atoms with Crippen LogP contribution >= 0.6 is 47.5 Å². The highest BCUT2D eigenvalue weighted by Gasteiger charge is 2.23. The molecule has 0 bridgehead atoms. The Balaban J connectivity index is 0.00000110. The van der Waals surface area contributed by atoms with Crippen LogP contribution in [-0.2, 0) is 0 Å². The summed E-state index contributed by atoms with van der Waals surface area (Å²) in [5, 5.41) is 4.79. The Hall–Kier alpha value is -0.660. The van der Waals surface area contributed by atoms with Gasteiger partial charge in [-0.1, -0.05) is 6.07 Å². The van der Waals surface area contributed by atoms with Crippen molar-refractivity contribution in [1.29, 1.82) is 0 Å². The molecule has 21 heavy (non-hydrogen) atoms. The van der Waals surface area contributed by atoms with Gasteiger partial charge < -0.3 is 10.6 Å². The standard InChI is InChI=1S/C13H15N3OS2.2ClH/c14-9-3-5-16(6-4-9)13(17)10-8-19-12(15-10)11-2-1-7-18-11;;/h1-2,7-9H,3-6,14H2;2*1H. The van der Waals surface area contributed by atoms with E-state index in [0.29, 0.717) is 5.69 Å². The lowest BCUT2D eigenvalue weighted by Crippen LogP contribution is -2.42. The number of amides is 1. The van der Waals surface area contributed by atoms with Gasteiger partial charge in [0.05, 0.1) is 4.88 Å². The van der Waals surface area contributed by atoms with E-state index in [-0.39, 0.29) is 36.8 Å². The smallest absolute Gasteiger partial charge is 0.273 e. The van der Waals surface area contributed by atoms with Gasteiger partial charge in [-0.2, -0.15) is 0 Å². The lowest BCUT2D eigenvalue weighted by Gasteiger charge is -2.29. The van der Waals surface area contributed by atoms with Crippen molar-refractivity contribution in [2.24, 2.45) is 5.73 Å². The Morgan fingerprint density at radius 2 is 2.00 bits per heavy atom. The van der Waals surface area contributed by atoms with Gasteiger partial charge in [-0.15, -0.1) is 47.5 Å². The van der Waals surface area contributed by atoms with Crippen LogP contribution in [0.3, 0.4) is 0 Å². The summed E-state index contributed by atoms with van der Waals surface area (Å²) < 4.78 is 0. The van der Waals surface area contributed by atoms with E-state index >= 15 is 0 Å². The first-order valence-corrected chi connectivity index (χ1v) is 8.04. The summed E-state index contributed by atoms with van der Waals surface area (Å²) in [6.45, 7) is 1.48. The third-order valence-corrected chi connectivity index (χ3v) is 5.16. The molecule has 116 valence electrons. The molecule has 0 unspecified atom stereocenters. The number of rotatable bonds is 2. The zero-order valence-electron chi connectivity index (χ0n) is 11.2. The third-order valence-electron chi connectivity index (χ3n) is 3.28. The molecule has 2 N–H and O–H groups in total. The molecule has 0 atom stereocenters. The number of hydrogen-bond donors (Lipinski definition) is 1. The summed E-state index contributed by atoms with van der Waals surface area (Å²) in [4.78, 5) is 19.7. The summed E-state index contributed by atoms with van der Waals surface area (Å²) in [6, 6.07) is 4.26. The van der Waals surface area contributed by atoms with Crippen LogP contribution in [0.2, 0.25) is 0 Å². The number of aromatic nitrogens is 1. The van der Waals surface area contributed by atoms with E-state index in [0.717, 1.165) is 35.8 Å². The second-order valence-electron chi connectivity index (χ2n) is 4.64. The number of thiazole rings is 1. The minimum atomic E-state index is 0. The van der Waals surface area contributed by atoms with Gasteiger partial charge in [0.1, 0.15) is 10.7 Å². The van der Waals surface area contributed by atoms with Gasteiger partial charge in [0.15, 0.2) is 0 Å². The van der Waals surface area contributed by atoms with E-state index in [9.17, 15) is 4.79 Å². The predicted octanol–water partition coefficient (Wildman–Crippen LogP) is 3.28. The summed E-state index contributed by atoms with van der Waals surface area (Å²) in [5.41, 5.74) is 6.41. The molecule has 2 aromatic heterocycles. The first kappa shape index (κ1) is 18.4. The molecule has 1 amide bonds. The van der Waals surface area contributed by atoms with Crippen molar-refractivity contribution in [3.8, 4) is 9.88 Å². The monoisotopic (exact) mass is 365 g/mol. The lowest BCUT2D eigenvalue weighted by molar-refractivity contribution is 0.0709. The molecule has 0 saturated carbocycles. The largest absolute Gasteiger partial charge is 0.337 e. The maximum Gasteiger partial charge on any atom is 0.273 e. The van der Waals surface area contributed by atoms with E-state index in [4.69, 9.17) is 5.73 Å². The zero-order chi connectivity index (χ0) is 13.2. The van der Waals surface area contributed by atoms with Gasteiger partial charge in [0, 0.05) is 24.5 Å². The molecule has 1 saturated heterocycles. The van der Waals surface area contributed by atoms with Crippen molar-refractivity contribution >= 4 is 53.4 Å². The van der Waals surface area contributed by atoms with E-state index in [1.807, 2.05) is 27.8 Å². The topological polar surface area (TPSA) is 59.2 Å². The fourth-order valence-corrected chi connectivity index (χ4v) is 3.76. The number of carbonyl (C=O) groups excluding carboxylic acids is 1. The van der Waals surface area contributed by atoms with Crippen LogP contribution in [0.5, 0.6) is 0 Å². The highest BCUT2D eigenvalue weighted by molar-refractivity contribution is 7.20. The maximum atomic E-state index is 12.3. The maximum absolute atomic E-state index is 12.3. The van der Waals surface area contributed by atoms with Crippen LogP contribution < -0.4 is 5.73 Å². The fraction of sp³-hybridized carbons (Fsp3) is 0.385. The van der Waals surface area contributed by atoms with Crippen molar-refractivity contribution in [1.82, 2.24) is 9.88 Å². The zero-order valence-corrected chi connectivity index (χ0v) is 14.5. The second-order valence-corrected chi connectivity index (χ2v) is 6.45. The summed E-state index contributed by atoms with van der Waals surface area (Å²) in [5.74, 6) is 0.0333. The first-order chi connectivity index (χ1) is 9.24. The van der Waals surface area contributed by atoms with Crippen LogP contribution in [0.15, 0.2) is 22.9 Å². The van der Waals surface area contributed by atoms with Crippen molar-refractivity contribution in [2.45, 2.75) is 18.9 Å². The Kier molecular flexibility index (Phi) is 7.09. The third kappa shape index (κ3) is 4.17. The van der Waals surface area contributed by atoms with Crippen molar-refractivity contribution in [2.75, 3.05) is 13.1 Å². The van der Waals surface area contributed by atoms with E-state index in [1.165, 1.54) is 11.3 Å². The van der Waals surface area contributed by atoms with Crippen LogP contribution in [-0.4, -0.2) is 34.9 Å². The molecule has 3 rings (SSSR count). The van der Waals surface area contributed by atoms with E-state index < -0.39 is 0 Å². The second kappa shape index (κ2) is 8.10. The van der Waals surface area contributed by atoms with Crippen LogP contribution in [0, 0.1) is 0 Å². The van der Waals surface area contributed by atoms with Crippen LogP contribution in [0.1, 0.15) is 23.3 Å². The summed E-state index contributed by atoms with van der Waals surface area (Å²) >= 11 is 3.17. The van der Waals surface area contributed by atoms with Gasteiger partial charge >= 0.3 is 0 Å². The molecule has 8 heteroatoms. The van der Waals surface area contributed by atoms with Crippen molar-refractivity contribution in [3.05, 3.63) is 28.6 Å². The molecule has 1 aliphatic heterocycles. The quantitative estimate of drug-likeness (QED) is 0.887. The number of halogens is 2. The number of nitrogens with two attached hydrogens (primary N) is 1. The predicted molar refractivity (Wildman–Crippen MR) is 93.0 cm³/mol. The average molecular weight is 366 g/mol. The normalized spacial score (nSPS) is 15.2. The van der Waals surface area contributed by atoms with Gasteiger partial charge in [-0.05, 0) is 24.3 Å².